The molecule has 1 aromatic carbocycles. The standard InChI is InChI=1S/C11H10FNO3/c12-8-4-5-9(11(15)16)7(6-8)2-1-3-10(13)14/h1-2,4-6H,3H2,(H2,13,14)(H,15,16). The summed E-state index contributed by atoms with van der Waals surface area (Å²) in [4.78, 5) is 21.2. The van der Waals surface area contributed by atoms with Crippen molar-refractivity contribution in [1.82, 2.24) is 0 Å². The van der Waals surface area contributed by atoms with E-state index < -0.39 is 17.7 Å². The summed E-state index contributed by atoms with van der Waals surface area (Å²) >= 11 is 0. The second kappa shape index (κ2) is 5.06. The van der Waals surface area contributed by atoms with Crippen molar-refractivity contribution in [2.24, 2.45) is 5.73 Å². The van der Waals surface area contributed by atoms with Gasteiger partial charge in [-0.15, -0.1) is 0 Å². The second-order valence-corrected chi connectivity index (χ2v) is 3.11. The lowest BCUT2D eigenvalue weighted by Gasteiger charge is -2.00. The van der Waals surface area contributed by atoms with Gasteiger partial charge in [-0.05, 0) is 23.8 Å². The van der Waals surface area contributed by atoms with Crippen LogP contribution in [0.5, 0.6) is 0 Å². The van der Waals surface area contributed by atoms with Crippen LogP contribution >= 0.6 is 0 Å². The van der Waals surface area contributed by atoms with Crippen molar-refractivity contribution in [1.29, 1.82) is 0 Å². The van der Waals surface area contributed by atoms with E-state index in [4.69, 9.17) is 10.8 Å². The Bertz CT molecular complexity index is 455. The van der Waals surface area contributed by atoms with Gasteiger partial charge in [-0.25, -0.2) is 9.18 Å². The minimum Gasteiger partial charge on any atom is -0.478 e. The van der Waals surface area contributed by atoms with Gasteiger partial charge in [0.05, 0.1) is 5.56 Å². The van der Waals surface area contributed by atoms with Gasteiger partial charge < -0.3 is 10.8 Å². The molecule has 4 nitrogen and oxygen atoms in total. The largest absolute Gasteiger partial charge is 0.478 e. The number of amides is 1. The molecule has 0 bridgehead atoms. The SMILES string of the molecule is NC(=O)CC=Cc1cc(F)ccc1C(=O)O. The van der Waals surface area contributed by atoms with Crippen molar-refractivity contribution in [3.8, 4) is 0 Å². The molecule has 0 heterocycles. The van der Waals surface area contributed by atoms with Crippen LogP contribution in [0.3, 0.4) is 0 Å². The highest BCUT2D eigenvalue weighted by molar-refractivity contribution is 5.92. The first-order valence-corrected chi connectivity index (χ1v) is 4.48. The molecule has 3 N–H and O–H groups in total. The zero-order valence-corrected chi connectivity index (χ0v) is 8.31. The monoisotopic (exact) mass is 223 g/mol. The number of carbonyl (C=O) groups is 2. The fourth-order valence-electron chi connectivity index (χ4n) is 1.17. The molecule has 0 aliphatic rings. The number of carboxylic acid groups (broad SMARTS) is 1. The molecular formula is C11H10FNO3. The van der Waals surface area contributed by atoms with Crippen molar-refractivity contribution in [2.75, 3.05) is 0 Å². The first-order valence-electron chi connectivity index (χ1n) is 4.48. The predicted molar refractivity (Wildman–Crippen MR) is 56.2 cm³/mol. The van der Waals surface area contributed by atoms with Gasteiger partial charge in [0.2, 0.25) is 5.91 Å². The van der Waals surface area contributed by atoms with E-state index in [0.717, 1.165) is 12.1 Å². The summed E-state index contributed by atoms with van der Waals surface area (Å²) < 4.78 is 12.9. The van der Waals surface area contributed by atoms with E-state index in [-0.39, 0.29) is 17.5 Å². The lowest BCUT2D eigenvalue weighted by Crippen LogP contribution is -2.08. The molecule has 1 rings (SSSR count). The third-order valence-electron chi connectivity index (χ3n) is 1.86. The van der Waals surface area contributed by atoms with Crippen molar-refractivity contribution >= 4 is 18.0 Å². The minimum absolute atomic E-state index is 0.0183. The number of rotatable bonds is 4. The fourth-order valence-corrected chi connectivity index (χ4v) is 1.17. The lowest BCUT2D eigenvalue weighted by molar-refractivity contribution is -0.117. The van der Waals surface area contributed by atoms with Crippen LogP contribution < -0.4 is 5.73 Å². The first kappa shape index (κ1) is 11.9. The maximum atomic E-state index is 12.9. The van der Waals surface area contributed by atoms with Crippen molar-refractivity contribution in [3.05, 3.63) is 41.2 Å². The Morgan fingerprint density at radius 3 is 2.69 bits per heavy atom. The highest BCUT2D eigenvalue weighted by Crippen LogP contribution is 2.13. The number of carboxylic acids is 1. The molecule has 0 saturated carbocycles. The summed E-state index contributed by atoms with van der Waals surface area (Å²) in [6.07, 6.45) is 2.73. The van der Waals surface area contributed by atoms with Crippen LogP contribution in [0.2, 0.25) is 0 Å². The number of primary amides is 1. The molecule has 0 aliphatic heterocycles. The fraction of sp³-hybridized carbons (Fsp3) is 0.0909. The number of nitrogens with two attached hydrogens (primary N) is 1. The summed E-state index contributed by atoms with van der Waals surface area (Å²) in [5, 5.41) is 8.82. The van der Waals surface area contributed by atoms with Crippen LogP contribution in [-0.2, 0) is 4.79 Å². The third kappa shape index (κ3) is 3.20. The minimum atomic E-state index is -1.15. The smallest absolute Gasteiger partial charge is 0.336 e. The summed E-state index contributed by atoms with van der Waals surface area (Å²) in [6.45, 7) is 0. The predicted octanol–water partition coefficient (Wildman–Crippen LogP) is 1.41. The van der Waals surface area contributed by atoms with Crippen LogP contribution in [0.4, 0.5) is 4.39 Å². The summed E-state index contributed by atoms with van der Waals surface area (Å²) in [5.41, 5.74) is 5.08. The van der Waals surface area contributed by atoms with E-state index in [9.17, 15) is 14.0 Å². The van der Waals surface area contributed by atoms with E-state index in [1.54, 1.807) is 0 Å². The summed E-state index contributed by atoms with van der Waals surface area (Å²) in [6, 6.07) is 3.32. The third-order valence-corrected chi connectivity index (χ3v) is 1.86. The van der Waals surface area contributed by atoms with Crippen LogP contribution in [-0.4, -0.2) is 17.0 Å². The molecule has 0 unspecified atom stereocenters. The maximum Gasteiger partial charge on any atom is 0.336 e. The Morgan fingerprint density at radius 1 is 1.44 bits per heavy atom. The van der Waals surface area contributed by atoms with Crippen molar-refractivity contribution < 1.29 is 19.1 Å². The van der Waals surface area contributed by atoms with E-state index >= 15 is 0 Å². The summed E-state index contributed by atoms with van der Waals surface area (Å²) in [7, 11) is 0. The molecule has 0 atom stereocenters. The van der Waals surface area contributed by atoms with Crippen molar-refractivity contribution in [3.63, 3.8) is 0 Å². The average Bonchev–Trinajstić information content (AvgIpc) is 2.16. The second-order valence-electron chi connectivity index (χ2n) is 3.11. The average molecular weight is 223 g/mol. The molecule has 5 heteroatoms. The van der Waals surface area contributed by atoms with Crippen molar-refractivity contribution in [2.45, 2.75) is 6.42 Å². The molecule has 1 amide bonds. The Balaban J connectivity index is 3.01. The maximum absolute atomic E-state index is 12.9. The molecule has 0 aliphatic carbocycles. The quantitative estimate of drug-likeness (QED) is 0.809. The van der Waals surface area contributed by atoms with E-state index in [1.165, 1.54) is 18.2 Å². The van der Waals surface area contributed by atoms with Gasteiger partial charge in [-0.3, -0.25) is 4.79 Å². The highest BCUT2D eigenvalue weighted by Gasteiger charge is 2.08. The zero-order chi connectivity index (χ0) is 12.1. The highest BCUT2D eigenvalue weighted by atomic mass is 19.1. The molecule has 0 spiro atoms. The lowest BCUT2D eigenvalue weighted by atomic mass is 10.1. The molecule has 1 aromatic rings. The van der Waals surface area contributed by atoms with E-state index in [2.05, 4.69) is 0 Å². The molecule has 0 aromatic heterocycles. The Morgan fingerprint density at radius 2 is 2.12 bits per heavy atom. The molecular weight excluding hydrogens is 213 g/mol. The van der Waals surface area contributed by atoms with Gasteiger partial charge in [-0.1, -0.05) is 12.2 Å². The number of hydrogen-bond donors (Lipinski definition) is 2. The molecule has 0 saturated heterocycles. The number of halogens is 1. The summed E-state index contributed by atoms with van der Waals surface area (Å²) in [5.74, 6) is -2.23. The number of hydrogen-bond acceptors (Lipinski definition) is 2. The molecule has 84 valence electrons. The Hall–Kier alpha value is -2.17. The van der Waals surface area contributed by atoms with Crippen LogP contribution in [0.25, 0.3) is 6.08 Å². The van der Waals surface area contributed by atoms with Gasteiger partial charge in [-0.2, -0.15) is 0 Å². The van der Waals surface area contributed by atoms with Gasteiger partial charge in [0.15, 0.2) is 0 Å². The Labute approximate surface area is 91.2 Å². The Kier molecular flexibility index (Phi) is 3.77. The van der Waals surface area contributed by atoms with Gasteiger partial charge in [0, 0.05) is 6.42 Å². The number of benzene rings is 1. The van der Waals surface area contributed by atoms with Crippen LogP contribution in [0, 0.1) is 5.82 Å². The van der Waals surface area contributed by atoms with Gasteiger partial charge in [0.1, 0.15) is 5.82 Å². The first-order chi connectivity index (χ1) is 7.50. The molecule has 0 radical (unpaired) electrons. The van der Waals surface area contributed by atoms with Gasteiger partial charge in [0.25, 0.3) is 0 Å². The normalized spacial score (nSPS) is 10.6. The van der Waals surface area contributed by atoms with Crippen LogP contribution in [0.15, 0.2) is 24.3 Å². The zero-order valence-electron chi connectivity index (χ0n) is 8.31. The van der Waals surface area contributed by atoms with E-state index in [1.807, 2.05) is 0 Å². The molecule has 0 fully saturated rings. The number of aromatic carboxylic acids is 1. The molecule has 16 heavy (non-hydrogen) atoms. The van der Waals surface area contributed by atoms with Gasteiger partial charge >= 0.3 is 5.97 Å². The number of carbonyl (C=O) groups excluding carboxylic acids is 1. The van der Waals surface area contributed by atoms with Crippen LogP contribution in [0.1, 0.15) is 22.3 Å². The topological polar surface area (TPSA) is 80.4 Å². The van der Waals surface area contributed by atoms with E-state index in [0.29, 0.717) is 0 Å².